The molecule has 0 amide bonds. The van der Waals surface area contributed by atoms with Gasteiger partial charge in [-0.2, -0.15) is 0 Å². The molecule has 0 heterocycles. The summed E-state index contributed by atoms with van der Waals surface area (Å²) < 4.78 is 0. The Balaban J connectivity index is 2.75. The molecular formula is C9H15B3N2O. The van der Waals surface area contributed by atoms with E-state index in [1.807, 2.05) is 37.1 Å². The molecule has 6 heteroatoms. The average Bonchev–Trinajstić information content (AvgIpc) is 2.17. The van der Waals surface area contributed by atoms with E-state index < -0.39 is 0 Å². The molecule has 0 aliphatic carbocycles. The number of anilines is 2. The first-order valence-electron chi connectivity index (χ1n) is 5.18. The highest BCUT2D eigenvalue weighted by atomic mass is 16.1. The molecule has 0 saturated heterocycles. The Bertz CT molecular complexity index is 346. The smallest absolute Gasteiger partial charge is 0.218 e. The summed E-state index contributed by atoms with van der Waals surface area (Å²) in [4.78, 5) is 12.9. The van der Waals surface area contributed by atoms with Crippen LogP contribution in [-0.4, -0.2) is 35.4 Å². The molecule has 0 aromatic heterocycles. The van der Waals surface area contributed by atoms with Gasteiger partial charge in [0.15, 0.2) is 7.31 Å². The number of hydrogen-bond acceptors (Lipinski definition) is 3. The van der Waals surface area contributed by atoms with Crippen molar-refractivity contribution in [1.29, 1.82) is 0 Å². The molecule has 0 spiro atoms. The molecular weight excluding hydrogens is 185 g/mol. The molecule has 0 bridgehead atoms. The fraction of sp³-hybridized carbons (Fsp3) is 0.222. The summed E-state index contributed by atoms with van der Waals surface area (Å²) in [6.45, 7) is 2.06. The zero-order valence-electron chi connectivity index (χ0n) is 9.58. The zero-order valence-corrected chi connectivity index (χ0v) is 9.58. The van der Waals surface area contributed by atoms with Crippen LogP contribution in [0, 0.1) is 0 Å². The first kappa shape index (κ1) is 11.8. The molecule has 0 saturated carbocycles. The third kappa shape index (κ3) is 3.74. The average molecular weight is 200 g/mol. The highest BCUT2D eigenvalue weighted by molar-refractivity contribution is 6.91. The van der Waals surface area contributed by atoms with Gasteiger partial charge in [-0.3, -0.25) is 4.79 Å². The second-order valence-corrected chi connectivity index (χ2v) is 3.64. The molecule has 15 heavy (non-hydrogen) atoms. The first-order chi connectivity index (χ1) is 7.13. The van der Waals surface area contributed by atoms with Crippen LogP contribution in [0.5, 0.6) is 0 Å². The van der Waals surface area contributed by atoms with Crippen molar-refractivity contribution >= 4 is 40.2 Å². The fourth-order valence-electron chi connectivity index (χ4n) is 1.48. The summed E-state index contributed by atoms with van der Waals surface area (Å²) in [7, 11) is 4.89. The molecule has 0 unspecified atom stereocenters. The number of carbonyl (C=O) groups is 1. The van der Waals surface area contributed by atoms with Gasteiger partial charge in [0.1, 0.15) is 5.78 Å². The van der Waals surface area contributed by atoms with Gasteiger partial charge < -0.3 is 10.0 Å². The van der Waals surface area contributed by atoms with Gasteiger partial charge in [0.2, 0.25) is 7.98 Å². The van der Waals surface area contributed by atoms with Crippen molar-refractivity contribution in [2.45, 2.75) is 6.92 Å². The van der Waals surface area contributed by atoms with E-state index in [1.54, 1.807) is 6.92 Å². The van der Waals surface area contributed by atoms with E-state index in [0.29, 0.717) is 6.54 Å². The topological polar surface area (TPSA) is 32.3 Å². The molecule has 0 aliphatic heterocycles. The van der Waals surface area contributed by atoms with Gasteiger partial charge in [-0.1, -0.05) is 6.07 Å². The Morgan fingerprint density at radius 1 is 1.60 bits per heavy atom. The molecule has 0 radical (unpaired) electrons. The zero-order chi connectivity index (χ0) is 11.3. The number of benzene rings is 1. The van der Waals surface area contributed by atoms with Gasteiger partial charge in [0, 0.05) is 11.4 Å². The number of nitrogens with one attached hydrogen (secondary N) is 1. The lowest BCUT2D eigenvalue weighted by Gasteiger charge is -2.19. The summed E-state index contributed by atoms with van der Waals surface area (Å²) in [5.41, 5.74) is 2.15. The molecule has 0 atom stereocenters. The number of hydrogen-bond donors (Lipinski definition) is 1. The van der Waals surface area contributed by atoms with Crippen LogP contribution in [0.25, 0.3) is 0 Å². The summed E-state index contributed by atoms with van der Waals surface area (Å²) in [5, 5.41) is 3.24. The predicted octanol–water partition coefficient (Wildman–Crippen LogP) is -1.06. The van der Waals surface area contributed by atoms with Crippen molar-refractivity contribution < 1.29 is 4.79 Å². The lowest BCUT2D eigenvalue weighted by molar-refractivity contribution is -0.115. The molecule has 0 fully saturated rings. The molecule has 0 aliphatic rings. The summed E-state index contributed by atoms with van der Waals surface area (Å²) in [5.74, 6) is 0.173. The summed E-state index contributed by atoms with van der Waals surface area (Å²) in [6, 6.07) is 8.06. The minimum Gasteiger partial charge on any atom is -0.438 e. The molecule has 1 N–H and O–H groups in total. The van der Waals surface area contributed by atoms with Gasteiger partial charge in [-0.15, -0.1) is 0 Å². The minimum atomic E-state index is 0.173. The summed E-state index contributed by atoms with van der Waals surface area (Å²) >= 11 is 0. The van der Waals surface area contributed by atoms with E-state index in [4.69, 9.17) is 0 Å². The van der Waals surface area contributed by atoms with Crippen LogP contribution in [0.2, 0.25) is 0 Å². The van der Waals surface area contributed by atoms with Crippen LogP contribution in [-0.2, 0) is 4.79 Å². The van der Waals surface area contributed by atoms with E-state index in [0.717, 1.165) is 18.7 Å². The lowest BCUT2D eigenvalue weighted by atomic mass is 9.67. The first-order valence-corrected chi connectivity index (χ1v) is 5.18. The van der Waals surface area contributed by atoms with E-state index in [-0.39, 0.29) is 5.78 Å². The minimum absolute atomic E-state index is 0.173. The van der Waals surface area contributed by atoms with Crippen molar-refractivity contribution in [3.05, 3.63) is 24.3 Å². The van der Waals surface area contributed by atoms with Crippen LogP contribution < -0.4 is 10.0 Å². The van der Waals surface area contributed by atoms with Crippen LogP contribution in [0.4, 0.5) is 11.4 Å². The van der Waals surface area contributed by atoms with Gasteiger partial charge >= 0.3 is 0 Å². The molecule has 1 aromatic rings. The second kappa shape index (κ2) is 5.54. The van der Waals surface area contributed by atoms with E-state index >= 15 is 0 Å². The number of ketones is 1. The Kier molecular flexibility index (Phi) is 4.34. The van der Waals surface area contributed by atoms with Gasteiger partial charge in [-0.25, -0.2) is 0 Å². The number of Topliss-reactive ketones (excluding diaryl/α,β-unsaturated/α-hetero) is 1. The van der Waals surface area contributed by atoms with E-state index in [1.165, 1.54) is 0 Å². The predicted molar refractivity (Wildman–Crippen MR) is 72.3 cm³/mol. The molecule has 1 aromatic carbocycles. The Hall–Kier alpha value is -1.32. The largest absolute Gasteiger partial charge is 0.438 e. The van der Waals surface area contributed by atoms with Crippen molar-refractivity contribution in [3.8, 4) is 0 Å². The van der Waals surface area contributed by atoms with Crippen molar-refractivity contribution in [3.63, 3.8) is 0 Å². The van der Waals surface area contributed by atoms with E-state index in [2.05, 4.69) is 13.0 Å². The number of nitrogens with zero attached hydrogens (tertiary/aromatic N) is 1. The highest BCUT2D eigenvalue weighted by Crippen LogP contribution is 2.17. The maximum atomic E-state index is 11.0. The highest BCUT2D eigenvalue weighted by Gasteiger charge is 2.03. The van der Waals surface area contributed by atoms with Gasteiger partial charge in [0.25, 0.3) is 0 Å². The quantitative estimate of drug-likeness (QED) is 0.614. The number of rotatable bonds is 5. The van der Waals surface area contributed by atoms with E-state index in [9.17, 15) is 4.79 Å². The standard InChI is InChI=1S/C9H15B3N2O/c1-7(15)6-14(11)9-4-2-3-8(5-9)13-12-10/h2-5,12-13H,6,10-11H2,1H3. The van der Waals surface area contributed by atoms with Crippen LogP contribution in [0.3, 0.4) is 0 Å². The van der Waals surface area contributed by atoms with Crippen LogP contribution in [0.15, 0.2) is 24.3 Å². The monoisotopic (exact) mass is 200 g/mol. The maximum Gasteiger partial charge on any atom is 0.218 e. The van der Waals surface area contributed by atoms with Crippen LogP contribution in [0.1, 0.15) is 6.92 Å². The molecule has 1 rings (SSSR count). The van der Waals surface area contributed by atoms with Crippen molar-refractivity contribution in [1.82, 2.24) is 0 Å². The third-order valence-electron chi connectivity index (χ3n) is 2.13. The third-order valence-corrected chi connectivity index (χ3v) is 2.13. The molecule has 3 nitrogen and oxygen atoms in total. The Labute approximate surface area is 93.3 Å². The molecule has 76 valence electrons. The van der Waals surface area contributed by atoms with Crippen molar-refractivity contribution in [2.75, 3.05) is 16.6 Å². The lowest BCUT2D eigenvalue weighted by Crippen LogP contribution is -2.25. The van der Waals surface area contributed by atoms with Gasteiger partial charge in [0.05, 0.1) is 14.3 Å². The Morgan fingerprint density at radius 3 is 2.93 bits per heavy atom. The fourth-order valence-corrected chi connectivity index (χ4v) is 1.48. The SMILES string of the molecule is BBNc1cccc(N(B)CC(C)=O)c1. The van der Waals surface area contributed by atoms with Crippen molar-refractivity contribution in [2.24, 2.45) is 0 Å². The van der Waals surface area contributed by atoms with Crippen LogP contribution >= 0.6 is 0 Å². The normalized spacial score (nSPS) is 9.40. The Morgan fingerprint density at radius 2 is 2.33 bits per heavy atom. The maximum absolute atomic E-state index is 11.0. The second-order valence-electron chi connectivity index (χ2n) is 3.64. The number of carbonyl (C=O) groups excluding carboxylic acids is 1. The summed E-state index contributed by atoms with van der Waals surface area (Å²) in [6.07, 6.45) is 0. The van der Waals surface area contributed by atoms with Gasteiger partial charge in [-0.05, 0) is 25.1 Å².